The van der Waals surface area contributed by atoms with E-state index in [1.807, 2.05) is 6.07 Å². The maximum atomic E-state index is 11.5. The molecule has 0 aliphatic rings. The summed E-state index contributed by atoms with van der Waals surface area (Å²) in [6.07, 6.45) is 0.762. The van der Waals surface area contributed by atoms with Crippen LogP contribution in [0, 0.1) is 0 Å². The van der Waals surface area contributed by atoms with Crippen molar-refractivity contribution < 1.29 is 19.1 Å². The number of hydrogen-bond acceptors (Lipinski definition) is 4. The van der Waals surface area contributed by atoms with Crippen LogP contribution in [0.5, 0.6) is 11.5 Å². The SMILES string of the molecule is COc1ccccc1OCC(=O)NCCCC(=O)Cl. The summed E-state index contributed by atoms with van der Waals surface area (Å²) in [7, 11) is 1.53. The predicted molar refractivity (Wildman–Crippen MR) is 71.6 cm³/mol. The molecule has 1 aromatic carbocycles. The molecule has 0 bridgehead atoms. The van der Waals surface area contributed by atoms with Gasteiger partial charge in [0.25, 0.3) is 5.91 Å². The number of rotatable bonds is 8. The van der Waals surface area contributed by atoms with Crippen LogP contribution >= 0.6 is 11.6 Å². The fourth-order valence-corrected chi connectivity index (χ4v) is 1.52. The van der Waals surface area contributed by atoms with Gasteiger partial charge in [-0.1, -0.05) is 12.1 Å². The minimum atomic E-state index is -0.403. The largest absolute Gasteiger partial charge is 0.493 e. The summed E-state index contributed by atoms with van der Waals surface area (Å²) in [6.45, 7) is 0.293. The molecule has 0 unspecified atom stereocenters. The number of methoxy groups -OCH3 is 1. The van der Waals surface area contributed by atoms with Gasteiger partial charge in [0.2, 0.25) is 5.24 Å². The zero-order chi connectivity index (χ0) is 14.1. The second kappa shape index (κ2) is 8.37. The van der Waals surface area contributed by atoms with E-state index >= 15 is 0 Å². The fourth-order valence-electron chi connectivity index (χ4n) is 1.39. The molecule has 6 heteroatoms. The Kier molecular flexibility index (Phi) is 6.74. The van der Waals surface area contributed by atoms with Gasteiger partial charge in [0.05, 0.1) is 7.11 Å². The van der Waals surface area contributed by atoms with Crippen LogP contribution in [0.3, 0.4) is 0 Å². The fraction of sp³-hybridized carbons (Fsp3) is 0.385. The first-order valence-corrected chi connectivity index (χ1v) is 6.22. The molecular formula is C13H16ClNO4. The summed E-state index contributed by atoms with van der Waals surface area (Å²) >= 11 is 5.18. The van der Waals surface area contributed by atoms with Crippen molar-refractivity contribution in [2.45, 2.75) is 12.8 Å². The van der Waals surface area contributed by atoms with Gasteiger partial charge in [0.15, 0.2) is 18.1 Å². The van der Waals surface area contributed by atoms with Crippen molar-refractivity contribution in [1.82, 2.24) is 5.32 Å². The van der Waals surface area contributed by atoms with Gasteiger partial charge in [-0.3, -0.25) is 9.59 Å². The van der Waals surface area contributed by atoms with Gasteiger partial charge in [0, 0.05) is 13.0 Å². The number of carbonyl (C=O) groups is 2. The standard InChI is InChI=1S/C13H16ClNO4/c1-18-10-5-2-3-6-11(10)19-9-13(17)15-8-4-7-12(14)16/h2-3,5-6H,4,7-9H2,1H3,(H,15,17). The number of benzene rings is 1. The molecule has 1 N–H and O–H groups in total. The lowest BCUT2D eigenvalue weighted by molar-refractivity contribution is -0.123. The summed E-state index contributed by atoms with van der Waals surface area (Å²) in [5.41, 5.74) is 0. The zero-order valence-corrected chi connectivity index (χ0v) is 11.4. The van der Waals surface area contributed by atoms with Gasteiger partial charge in [-0.15, -0.1) is 0 Å². The predicted octanol–water partition coefficient (Wildman–Crippen LogP) is 1.74. The highest BCUT2D eigenvalue weighted by atomic mass is 35.5. The van der Waals surface area contributed by atoms with Crippen LogP contribution < -0.4 is 14.8 Å². The Morgan fingerprint density at radius 2 is 1.95 bits per heavy atom. The van der Waals surface area contributed by atoms with Gasteiger partial charge in [-0.25, -0.2) is 0 Å². The van der Waals surface area contributed by atoms with Gasteiger partial charge in [-0.05, 0) is 30.2 Å². The third-order valence-electron chi connectivity index (χ3n) is 2.30. The molecule has 0 aliphatic heterocycles. The third kappa shape index (κ3) is 6.10. The molecule has 19 heavy (non-hydrogen) atoms. The maximum absolute atomic E-state index is 11.5. The zero-order valence-electron chi connectivity index (χ0n) is 10.6. The molecule has 0 atom stereocenters. The first-order valence-electron chi connectivity index (χ1n) is 5.84. The van der Waals surface area contributed by atoms with Gasteiger partial charge >= 0.3 is 0 Å². The molecule has 1 rings (SSSR count). The van der Waals surface area contributed by atoms with Crippen LogP contribution in [-0.2, 0) is 9.59 Å². The van der Waals surface area contributed by atoms with E-state index in [0.717, 1.165) is 0 Å². The molecule has 5 nitrogen and oxygen atoms in total. The average molecular weight is 286 g/mol. The van der Waals surface area contributed by atoms with Crippen molar-refractivity contribution in [3.05, 3.63) is 24.3 Å². The monoisotopic (exact) mass is 285 g/mol. The summed E-state index contributed by atoms with van der Waals surface area (Å²) in [5.74, 6) is 0.826. The molecule has 0 fully saturated rings. The highest BCUT2D eigenvalue weighted by Crippen LogP contribution is 2.25. The van der Waals surface area contributed by atoms with E-state index in [-0.39, 0.29) is 18.9 Å². The number of hydrogen-bond donors (Lipinski definition) is 1. The van der Waals surface area contributed by atoms with Crippen LogP contribution in [0.2, 0.25) is 0 Å². The molecule has 0 spiro atoms. The van der Waals surface area contributed by atoms with E-state index in [1.54, 1.807) is 18.2 Å². The van der Waals surface area contributed by atoms with Gasteiger partial charge in [0.1, 0.15) is 0 Å². The van der Waals surface area contributed by atoms with E-state index in [9.17, 15) is 9.59 Å². The third-order valence-corrected chi connectivity index (χ3v) is 2.49. The topological polar surface area (TPSA) is 64.6 Å². The minimum absolute atomic E-state index is 0.102. The van der Waals surface area contributed by atoms with Crippen LogP contribution in [0.25, 0.3) is 0 Å². The minimum Gasteiger partial charge on any atom is -0.493 e. The molecule has 0 aromatic heterocycles. The van der Waals surface area contributed by atoms with E-state index in [0.29, 0.717) is 24.5 Å². The van der Waals surface area contributed by atoms with Gasteiger partial charge < -0.3 is 14.8 Å². The number of ether oxygens (including phenoxy) is 2. The molecule has 1 amide bonds. The first kappa shape index (κ1) is 15.3. The first-order chi connectivity index (χ1) is 9.13. The highest BCUT2D eigenvalue weighted by molar-refractivity contribution is 6.63. The van der Waals surface area contributed by atoms with Crippen molar-refractivity contribution in [1.29, 1.82) is 0 Å². The molecule has 104 valence electrons. The van der Waals surface area contributed by atoms with E-state index < -0.39 is 5.24 Å². The van der Waals surface area contributed by atoms with E-state index in [4.69, 9.17) is 21.1 Å². The molecule has 0 aliphatic carbocycles. The van der Waals surface area contributed by atoms with Gasteiger partial charge in [-0.2, -0.15) is 0 Å². The molecule has 1 aromatic rings. The normalized spacial score (nSPS) is 9.79. The summed E-state index contributed by atoms with van der Waals surface area (Å²) < 4.78 is 10.4. The Hall–Kier alpha value is -1.75. The lowest BCUT2D eigenvalue weighted by Crippen LogP contribution is -2.29. The van der Waals surface area contributed by atoms with E-state index in [2.05, 4.69) is 5.32 Å². The van der Waals surface area contributed by atoms with Crippen molar-refractivity contribution in [2.75, 3.05) is 20.3 Å². The quantitative estimate of drug-likeness (QED) is 0.584. The maximum Gasteiger partial charge on any atom is 0.257 e. The molecule has 0 radical (unpaired) electrons. The van der Waals surface area contributed by atoms with Crippen molar-refractivity contribution in [3.8, 4) is 11.5 Å². The van der Waals surface area contributed by atoms with Crippen molar-refractivity contribution >= 4 is 22.8 Å². The second-order valence-electron chi connectivity index (χ2n) is 3.75. The molecule has 0 saturated carbocycles. The summed E-state index contributed by atoms with van der Waals surface area (Å²) in [5, 5.41) is 2.23. The highest BCUT2D eigenvalue weighted by Gasteiger charge is 2.06. The number of para-hydroxylation sites is 2. The van der Waals surface area contributed by atoms with Crippen LogP contribution in [0.4, 0.5) is 0 Å². The summed E-state index contributed by atoms with van der Waals surface area (Å²) in [4.78, 5) is 21.9. The summed E-state index contributed by atoms with van der Waals surface area (Å²) in [6, 6.07) is 7.08. The van der Waals surface area contributed by atoms with Crippen LogP contribution in [0.15, 0.2) is 24.3 Å². The number of carbonyl (C=O) groups excluding carboxylic acids is 2. The Bertz CT molecular complexity index is 436. The van der Waals surface area contributed by atoms with Crippen LogP contribution in [0.1, 0.15) is 12.8 Å². The van der Waals surface area contributed by atoms with Crippen molar-refractivity contribution in [2.24, 2.45) is 0 Å². The smallest absolute Gasteiger partial charge is 0.257 e. The number of amides is 1. The number of halogens is 1. The molecule has 0 heterocycles. The van der Waals surface area contributed by atoms with Crippen LogP contribution in [-0.4, -0.2) is 31.4 Å². The van der Waals surface area contributed by atoms with E-state index in [1.165, 1.54) is 7.11 Å². The Labute approximate surface area is 116 Å². The lowest BCUT2D eigenvalue weighted by Gasteiger charge is -2.10. The number of nitrogens with one attached hydrogen (secondary N) is 1. The average Bonchev–Trinajstić information content (AvgIpc) is 2.41. The Morgan fingerprint density at radius 1 is 1.26 bits per heavy atom. The Balaban J connectivity index is 2.28. The second-order valence-corrected chi connectivity index (χ2v) is 4.17. The Morgan fingerprint density at radius 3 is 2.58 bits per heavy atom. The lowest BCUT2D eigenvalue weighted by atomic mass is 10.3. The molecule has 0 saturated heterocycles. The van der Waals surface area contributed by atoms with Crippen molar-refractivity contribution in [3.63, 3.8) is 0 Å². The molecular weight excluding hydrogens is 270 g/mol.